The third-order valence-electron chi connectivity index (χ3n) is 2.58. The van der Waals surface area contributed by atoms with Gasteiger partial charge in [-0.15, -0.1) is 0 Å². The van der Waals surface area contributed by atoms with Crippen LogP contribution in [0.4, 0.5) is 0 Å². The van der Waals surface area contributed by atoms with Gasteiger partial charge < -0.3 is 4.74 Å². The Morgan fingerprint density at radius 2 is 2.06 bits per heavy atom. The summed E-state index contributed by atoms with van der Waals surface area (Å²) in [5.74, 6) is 0.717. The van der Waals surface area contributed by atoms with Crippen molar-refractivity contribution < 1.29 is 9.53 Å². The molecule has 4 heteroatoms. The summed E-state index contributed by atoms with van der Waals surface area (Å²) in [7, 11) is 1.62. The minimum atomic E-state index is -0.0803. The Labute approximate surface area is 106 Å². The van der Waals surface area contributed by atoms with E-state index in [1.165, 1.54) is 10.9 Å². The molecule has 4 nitrogen and oxygen atoms in total. The van der Waals surface area contributed by atoms with Crippen LogP contribution >= 0.6 is 0 Å². The number of carbonyl (C=O) groups is 1. The first-order valence-electron chi connectivity index (χ1n) is 5.55. The van der Waals surface area contributed by atoms with Gasteiger partial charge >= 0.3 is 0 Å². The van der Waals surface area contributed by atoms with Crippen molar-refractivity contribution in [3.8, 4) is 5.75 Å². The van der Waals surface area contributed by atoms with Gasteiger partial charge in [-0.2, -0.15) is 0 Å². The number of carbonyl (C=O) groups excluding carboxylic acids is 1. The number of allylic oxidation sites excluding steroid dienone is 1. The Balaban J connectivity index is 2.19. The van der Waals surface area contributed by atoms with Gasteiger partial charge in [0.25, 0.3) is 5.91 Å². The SMILES string of the molecule is COc1ccc(C=C(C)C(=O)n2ccnc2)cc1. The Kier molecular flexibility index (Phi) is 3.57. The Morgan fingerprint density at radius 3 is 2.61 bits per heavy atom. The zero-order valence-corrected chi connectivity index (χ0v) is 10.3. The Hall–Kier alpha value is -2.36. The molecule has 0 amide bonds. The number of benzene rings is 1. The van der Waals surface area contributed by atoms with Crippen LogP contribution in [0.15, 0.2) is 48.6 Å². The van der Waals surface area contributed by atoms with Gasteiger partial charge in [0.05, 0.1) is 7.11 Å². The maximum absolute atomic E-state index is 12.0. The van der Waals surface area contributed by atoms with E-state index in [2.05, 4.69) is 4.98 Å². The lowest BCUT2D eigenvalue weighted by molar-refractivity contribution is 0.0956. The van der Waals surface area contributed by atoms with Crippen molar-refractivity contribution in [3.63, 3.8) is 0 Å². The minimum Gasteiger partial charge on any atom is -0.497 e. The summed E-state index contributed by atoms with van der Waals surface area (Å²) in [6.45, 7) is 1.78. The maximum atomic E-state index is 12.0. The number of hydrogen-bond donors (Lipinski definition) is 0. The molecule has 0 N–H and O–H groups in total. The summed E-state index contributed by atoms with van der Waals surface area (Å²) in [5, 5.41) is 0. The number of ether oxygens (including phenoxy) is 1. The second-order valence-electron chi connectivity index (χ2n) is 3.88. The standard InChI is InChI=1S/C14H14N2O2/c1-11(14(17)16-8-7-15-10-16)9-12-3-5-13(18-2)6-4-12/h3-10H,1-2H3. The summed E-state index contributed by atoms with van der Waals surface area (Å²) in [6, 6.07) is 7.54. The predicted octanol–water partition coefficient (Wildman–Crippen LogP) is 2.64. The van der Waals surface area contributed by atoms with Gasteiger partial charge in [0.2, 0.25) is 0 Å². The van der Waals surface area contributed by atoms with E-state index in [1.807, 2.05) is 30.3 Å². The van der Waals surface area contributed by atoms with Crippen molar-refractivity contribution in [2.75, 3.05) is 7.11 Å². The van der Waals surface area contributed by atoms with E-state index in [9.17, 15) is 4.79 Å². The fourth-order valence-corrected chi connectivity index (χ4v) is 1.59. The fraction of sp³-hybridized carbons (Fsp3) is 0.143. The van der Waals surface area contributed by atoms with Crippen LogP contribution in [0.1, 0.15) is 17.3 Å². The lowest BCUT2D eigenvalue weighted by atomic mass is 10.1. The average molecular weight is 242 g/mol. The molecule has 0 fully saturated rings. The second kappa shape index (κ2) is 5.31. The number of rotatable bonds is 3. The molecule has 0 aliphatic carbocycles. The second-order valence-corrected chi connectivity index (χ2v) is 3.88. The largest absolute Gasteiger partial charge is 0.497 e. The van der Waals surface area contributed by atoms with Gasteiger partial charge in [0, 0.05) is 18.0 Å². The van der Waals surface area contributed by atoms with E-state index in [4.69, 9.17) is 4.74 Å². The van der Waals surface area contributed by atoms with Gasteiger partial charge in [0.15, 0.2) is 0 Å². The summed E-state index contributed by atoms with van der Waals surface area (Å²) >= 11 is 0. The predicted molar refractivity (Wildman–Crippen MR) is 69.5 cm³/mol. The molecule has 0 aliphatic heterocycles. The van der Waals surface area contributed by atoms with Crippen molar-refractivity contribution in [1.82, 2.24) is 9.55 Å². The number of imidazole rings is 1. The summed E-state index contributed by atoms with van der Waals surface area (Å²) < 4.78 is 6.53. The van der Waals surface area contributed by atoms with Crippen LogP contribution in [-0.4, -0.2) is 22.6 Å². The number of aromatic nitrogens is 2. The van der Waals surface area contributed by atoms with Crippen LogP contribution in [-0.2, 0) is 0 Å². The molecule has 0 saturated heterocycles. The molecule has 2 rings (SSSR count). The highest BCUT2D eigenvalue weighted by atomic mass is 16.5. The van der Waals surface area contributed by atoms with Crippen molar-refractivity contribution in [1.29, 1.82) is 0 Å². The summed E-state index contributed by atoms with van der Waals surface area (Å²) in [4.78, 5) is 15.8. The van der Waals surface area contributed by atoms with Crippen molar-refractivity contribution in [3.05, 3.63) is 54.1 Å². The molecule has 1 aromatic carbocycles. The summed E-state index contributed by atoms with van der Waals surface area (Å²) in [6.07, 6.45) is 6.54. The van der Waals surface area contributed by atoms with Gasteiger partial charge in [-0.05, 0) is 30.7 Å². The molecule has 18 heavy (non-hydrogen) atoms. The van der Waals surface area contributed by atoms with Gasteiger partial charge in [0.1, 0.15) is 12.1 Å². The molecule has 1 aromatic heterocycles. The average Bonchev–Trinajstić information content (AvgIpc) is 2.92. The monoisotopic (exact) mass is 242 g/mol. The third kappa shape index (κ3) is 2.66. The van der Waals surface area contributed by atoms with Gasteiger partial charge in [-0.25, -0.2) is 4.98 Å². The first-order chi connectivity index (χ1) is 8.70. The number of hydrogen-bond acceptors (Lipinski definition) is 3. The van der Waals surface area contributed by atoms with Gasteiger partial charge in [-0.3, -0.25) is 9.36 Å². The van der Waals surface area contributed by atoms with Crippen LogP contribution < -0.4 is 4.74 Å². The van der Waals surface area contributed by atoms with E-state index >= 15 is 0 Å². The van der Waals surface area contributed by atoms with E-state index in [1.54, 1.807) is 26.4 Å². The molecule has 92 valence electrons. The van der Waals surface area contributed by atoms with Crippen LogP contribution in [0.3, 0.4) is 0 Å². The lowest BCUT2D eigenvalue weighted by Gasteiger charge is -2.02. The Morgan fingerprint density at radius 1 is 1.33 bits per heavy atom. The zero-order valence-electron chi connectivity index (χ0n) is 10.3. The highest BCUT2D eigenvalue weighted by Crippen LogP contribution is 2.14. The van der Waals surface area contributed by atoms with E-state index < -0.39 is 0 Å². The van der Waals surface area contributed by atoms with E-state index in [0.29, 0.717) is 5.57 Å². The minimum absolute atomic E-state index is 0.0803. The highest BCUT2D eigenvalue weighted by molar-refractivity contribution is 5.98. The molecule has 0 aliphatic rings. The molecular weight excluding hydrogens is 228 g/mol. The van der Waals surface area contributed by atoms with Crippen molar-refractivity contribution in [2.24, 2.45) is 0 Å². The third-order valence-corrected chi connectivity index (χ3v) is 2.58. The van der Waals surface area contributed by atoms with Crippen LogP contribution in [0.2, 0.25) is 0 Å². The first kappa shape index (κ1) is 12.1. The molecule has 0 atom stereocenters. The molecule has 0 bridgehead atoms. The van der Waals surface area contributed by atoms with Gasteiger partial charge in [-0.1, -0.05) is 12.1 Å². The maximum Gasteiger partial charge on any atom is 0.258 e. The van der Waals surface area contributed by atoms with Crippen molar-refractivity contribution in [2.45, 2.75) is 6.92 Å². The first-order valence-corrected chi connectivity index (χ1v) is 5.55. The summed E-state index contributed by atoms with van der Waals surface area (Å²) in [5.41, 5.74) is 1.61. The smallest absolute Gasteiger partial charge is 0.258 e. The topological polar surface area (TPSA) is 44.1 Å². The molecular formula is C14H14N2O2. The zero-order chi connectivity index (χ0) is 13.0. The Bertz CT molecular complexity index is 554. The molecule has 0 spiro atoms. The van der Waals surface area contributed by atoms with Crippen LogP contribution in [0, 0.1) is 0 Å². The molecule has 0 unspecified atom stereocenters. The molecule has 2 aromatic rings. The molecule has 0 radical (unpaired) electrons. The van der Waals surface area contributed by atoms with Crippen LogP contribution in [0.25, 0.3) is 6.08 Å². The fourth-order valence-electron chi connectivity index (χ4n) is 1.59. The molecule has 1 heterocycles. The highest BCUT2D eigenvalue weighted by Gasteiger charge is 2.06. The van der Waals surface area contributed by atoms with E-state index in [-0.39, 0.29) is 5.91 Å². The number of nitrogens with zero attached hydrogens (tertiary/aromatic N) is 2. The number of methoxy groups -OCH3 is 1. The lowest BCUT2D eigenvalue weighted by Crippen LogP contribution is -2.09. The molecule has 0 saturated carbocycles. The van der Waals surface area contributed by atoms with Crippen LogP contribution in [0.5, 0.6) is 5.75 Å². The van der Waals surface area contributed by atoms with E-state index in [0.717, 1.165) is 11.3 Å². The normalized spacial score (nSPS) is 11.3. The van der Waals surface area contributed by atoms with Crippen molar-refractivity contribution >= 4 is 12.0 Å². The quantitative estimate of drug-likeness (QED) is 0.777.